The summed E-state index contributed by atoms with van der Waals surface area (Å²) in [7, 11) is 1.34. The Hall–Kier alpha value is -2.40. The van der Waals surface area contributed by atoms with Crippen molar-refractivity contribution in [1.82, 2.24) is 14.6 Å². The zero-order chi connectivity index (χ0) is 15.0. The third-order valence-corrected chi connectivity index (χ3v) is 3.40. The van der Waals surface area contributed by atoms with Crippen LogP contribution in [-0.2, 0) is 4.74 Å². The number of nitrogens with zero attached hydrogens (tertiary/aromatic N) is 3. The molecule has 0 saturated carbocycles. The molecule has 0 N–H and O–H groups in total. The first kappa shape index (κ1) is 13.6. The van der Waals surface area contributed by atoms with E-state index in [1.807, 2.05) is 19.1 Å². The van der Waals surface area contributed by atoms with E-state index in [1.165, 1.54) is 7.11 Å². The Labute approximate surface area is 126 Å². The van der Waals surface area contributed by atoms with E-state index in [9.17, 15) is 4.79 Å². The average Bonchev–Trinajstić information content (AvgIpc) is 2.93. The smallest absolute Gasteiger partial charge is 0.341 e. The van der Waals surface area contributed by atoms with Crippen molar-refractivity contribution >= 4 is 23.2 Å². The van der Waals surface area contributed by atoms with Gasteiger partial charge in [-0.25, -0.2) is 14.3 Å². The first-order valence-electron chi connectivity index (χ1n) is 6.31. The fourth-order valence-electron chi connectivity index (χ4n) is 2.10. The van der Waals surface area contributed by atoms with Gasteiger partial charge in [-0.2, -0.15) is 0 Å². The largest absolute Gasteiger partial charge is 0.465 e. The van der Waals surface area contributed by atoms with Gasteiger partial charge < -0.3 is 4.74 Å². The average molecular weight is 302 g/mol. The highest BCUT2D eigenvalue weighted by Crippen LogP contribution is 2.22. The number of carbonyl (C=O) groups excluding carboxylic acids is 1. The molecule has 3 aromatic rings. The minimum atomic E-state index is -0.440. The first-order chi connectivity index (χ1) is 10.1. The Balaban J connectivity index is 2.24. The molecule has 0 unspecified atom stereocenters. The predicted molar refractivity (Wildman–Crippen MR) is 79.5 cm³/mol. The minimum Gasteiger partial charge on any atom is -0.465 e. The summed E-state index contributed by atoms with van der Waals surface area (Å²) in [5, 5.41) is 5.05. The number of pyridine rings is 1. The number of hydrogen-bond donors (Lipinski definition) is 0. The molecule has 0 saturated heterocycles. The number of rotatable bonds is 2. The van der Waals surface area contributed by atoms with Gasteiger partial charge in [-0.15, -0.1) is 5.10 Å². The van der Waals surface area contributed by atoms with Gasteiger partial charge in [0.05, 0.1) is 7.11 Å². The van der Waals surface area contributed by atoms with Crippen molar-refractivity contribution in [3.8, 4) is 11.4 Å². The molecule has 5 nitrogen and oxygen atoms in total. The van der Waals surface area contributed by atoms with Crippen LogP contribution in [0.4, 0.5) is 0 Å². The van der Waals surface area contributed by atoms with Crippen LogP contribution < -0.4 is 0 Å². The van der Waals surface area contributed by atoms with E-state index in [1.54, 1.807) is 28.8 Å². The zero-order valence-electron chi connectivity index (χ0n) is 11.5. The number of benzene rings is 1. The third kappa shape index (κ3) is 2.36. The van der Waals surface area contributed by atoms with Crippen molar-refractivity contribution in [1.29, 1.82) is 0 Å². The Bertz CT molecular complexity index is 842. The van der Waals surface area contributed by atoms with E-state index in [2.05, 4.69) is 10.1 Å². The van der Waals surface area contributed by atoms with Crippen LogP contribution >= 0.6 is 11.6 Å². The van der Waals surface area contributed by atoms with Crippen LogP contribution in [-0.4, -0.2) is 27.7 Å². The van der Waals surface area contributed by atoms with E-state index in [-0.39, 0.29) is 0 Å². The molecule has 2 aromatic heterocycles. The number of carbonyl (C=O) groups is 1. The van der Waals surface area contributed by atoms with Crippen molar-refractivity contribution in [2.24, 2.45) is 0 Å². The zero-order valence-corrected chi connectivity index (χ0v) is 12.3. The number of esters is 1. The monoisotopic (exact) mass is 301 g/mol. The van der Waals surface area contributed by atoms with Crippen molar-refractivity contribution in [2.75, 3.05) is 7.11 Å². The van der Waals surface area contributed by atoms with Crippen LogP contribution in [0, 0.1) is 6.92 Å². The summed E-state index contributed by atoms with van der Waals surface area (Å²) in [6.07, 6.45) is 0. The molecule has 0 aliphatic carbocycles. The molecule has 0 aliphatic rings. The molecule has 1 aromatic carbocycles. The van der Waals surface area contributed by atoms with Gasteiger partial charge in [0.2, 0.25) is 0 Å². The van der Waals surface area contributed by atoms with Gasteiger partial charge in [-0.05, 0) is 31.2 Å². The SMILES string of the molecule is COC(=O)c1ccc(C)n2nc(-c3cccc(Cl)c3)nc12. The van der Waals surface area contributed by atoms with Crippen LogP contribution in [0.3, 0.4) is 0 Å². The standard InChI is InChI=1S/C15H12ClN3O2/c1-9-6-7-12(15(20)21-2)14-17-13(18-19(9)14)10-4-3-5-11(16)8-10/h3-8H,1-2H3. The van der Waals surface area contributed by atoms with Crippen molar-refractivity contribution in [3.05, 3.63) is 52.7 Å². The van der Waals surface area contributed by atoms with Crippen LogP contribution in [0.15, 0.2) is 36.4 Å². The van der Waals surface area contributed by atoms with Crippen molar-refractivity contribution < 1.29 is 9.53 Å². The number of hydrogen-bond acceptors (Lipinski definition) is 4. The van der Waals surface area contributed by atoms with Gasteiger partial charge in [0.1, 0.15) is 5.56 Å². The maximum Gasteiger partial charge on any atom is 0.341 e. The summed E-state index contributed by atoms with van der Waals surface area (Å²) in [5.41, 5.74) is 2.51. The molecule has 0 atom stereocenters. The fourth-order valence-corrected chi connectivity index (χ4v) is 2.29. The number of aryl methyl sites for hydroxylation is 1. The Morgan fingerprint density at radius 3 is 2.81 bits per heavy atom. The van der Waals surface area contributed by atoms with Crippen molar-refractivity contribution in [2.45, 2.75) is 6.92 Å². The lowest BCUT2D eigenvalue weighted by atomic mass is 10.2. The van der Waals surface area contributed by atoms with Crippen LogP contribution in [0.5, 0.6) is 0 Å². The number of aromatic nitrogens is 3. The normalized spacial score (nSPS) is 10.8. The molecular weight excluding hydrogens is 290 g/mol. The van der Waals surface area contributed by atoms with E-state index in [0.717, 1.165) is 11.3 Å². The number of methoxy groups -OCH3 is 1. The molecule has 0 radical (unpaired) electrons. The lowest BCUT2D eigenvalue weighted by Crippen LogP contribution is -2.06. The second-order valence-electron chi connectivity index (χ2n) is 4.56. The van der Waals surface area contributed by atoms with E-state index in [0.29, 0.717) is 22.1 Å². The first-order valence-corrected chi connectivity index (χ1v) is 6.68. The quantitative estimate of drug-likeness (QED) is 0.682. The summed E-state index contributed by atoms with van der Waals surface area (Å²) < 4.78 is 6.40. The van der Waals surface area contributed by atoms with Crippen LogP contribution in [0.2, 0.25) is 5.02 Å². The lowest BCUT2D eigenvalue weighted by molar-refractivity contribution is 0.0602. The summed E-state index contributed by atoms with van der Waals surface area (Å²) in [4.78, 5) is 16.3. The van der Waals surface area contributed by atoms with Gasteiger partial charge >= 0.3 is 5.97 Å². The van der Waals surface area contributed by atoms with Crippen molar-refractivity contribution in [3.63, 3.8) is 0 Å². The summed E-state index contributed by atoms with van der Waals surface area (Å²) in [5.74, 6) is 0.0713. The second kappa shape index (κ2) is 5.18. The highest BCUT2D eigenvalue weighted by atomic mass is 35.5. The number of fused-ring (bicyclic) bond motifs is 1. The minimum absolute atomic E-state index is 0.379. The highest BCUT2D eigenvalue weighted by Gasteiger charge is 2.16. The maximum atomic E-state index is 11.8. The summed E-state index contributed by atoms with van der Waals surface area (Å²) >= 11 is 5.99. The topological polar surface area (TPSA) is 56.5 Å². The van der Waals surface area contributed by atoms with Gasteiger partial charge in [0, 0.05) is 16.3 Å². The van der Waals surface area contributed by atoms with Crippen LogP contribution in [0.1, 0.15) is 16.1 Å². The second-order valence-corrected chi connectivity index (χ2v) is 5.00. The van der Waals surface area contributed by atoms with Gasteiger partial charge in [-0.1, -0.05) is 23.7 Å². The lowest BCUT2D eigenvalue weighted by Gasteiger charge is -2.02. The van der Waals surface area contributed by atoms with E-state index >= 15 is 0 Å². The molecule has 0 spiro atoms. The van der Waals surface area contributed by atoms with Gasteiger partial charge in [-0.3, -0.25) is 0 Å². The molecule has 0 amide bonds. The highest BCUT2D eigenvalue weighted by molar-refractivity contribution is 6.30. The predicted octanol–water partition coefficient (Wildman–Crippen LogP) is 3.14. The Morgan fingerprint density at radius 2 is 2.10 bits per heavy atom. The Morgan fingerprint density at radius 1 is 1.29 bits per heavy atom. The fraction of sp³-hybridized carbons (Fsp3) is 0.133. The molecule has 0 fully saturated rings. The summed E-state index contributed by atoms with van der Waals surface area (Å²) in [6.45, 7) is 1.89. The maximum absolute atomic E-state index is 11.8. The molecular formula is C15H12ClN3O2. The molecule has 0 bridgehead atoms. The number of halogens is 1. The molecule has 2 heterocycles. The third-order valence-electron chi connectivity index (χ3n) is 3.16. The molecule has 106 valence electrons. The van der Waals surface area contributed by atoms with E-state index < -0.39 is 5.97 Å². The van der Waals surface area contributed by atoms with Crippen LogP contribution in [0.25, 0.3) is 17.0 Å². The molecule has 21 heavy (non-hydrogen) atoms. The van der Waals surface area contributed by atoms with Gasteiger partial charge in [0.15, 0.2) is 11.5 Å². The Kier molecular flexibility index (Phi) is 3.35. The summed E-state index contributed by atoms with van der Waals surface area (Å²) in [6, 6.07) is 10.8. The molecule has 3 rings (SSSR count). The number of ether oxygens (including phenoxy) is 1. The molecule has 6 heteroatoms. The molecule has 0 aliphatic heterocycles. The van der Waals surface area contributed by atoms with E-state index in [4.69, 9.17) is 16.3 Å². The van der Waals surface area contributed by atoms with Gasteiger partial charge in [0.25, 0.3) is 0 Å².